The minimum absolute atomic E-state index is 0.115. The molecule has 0 unspecified atom stereocenters. The lowest BCUT2D eigenvalue weighted by molar-refractivity contribution is -0.117. The van der Waals surface area contributed by atoms with Crippen LogP contribution < -0.4 is 15.8 Å². The van der Waals surface area contributed by atoms with Gasteiger partial charge in [0.05, 0.1) is 5.56 Å². The van der Waals surface area contributed by atoms with Gasteiger partial charge in [0, 0.05) is 39.5 Å². The van der Waals surface area contributed by atoms with Crippen LogP contribution in [0.1, 0.15) is 37.3 Å². The van der Waals surface area contributed by atoms with Gasteiger partial charge in [-0.05, 0) is 49.8 Å². The van der Waals surface area contributed by atoms with Gasteiger partial charge < -0.3 is 15.0 Å². The number of amides is 1. The zero-order valence-corrected chi connectivity index (χ0v) is 18.4. The highest BCUT2D eigenvalue weighted by atomic mass is 16.5. The molecule has 2 aromatic rings. The molecule has 0 aliphatic carbocycles. The minimum Gasteiger partial charge on any atom is -0.385 e. The third-order valence-corrected chi connectivity index (χ3v) is 5.61. The molecule has 1 N–H and O–H groups in total. The average molecular weight is 424 g/mol. The molecule has 1 fully saturated rings. The van der Waals surface area contributed by atoms with Crippen molar-refractivity contribution in [2.75, 3.05) is 38.3 Å². The van der Waals surface area contributed by atoms with Crippen molar-refractivity contribution in [1.29, 1.82) is 5.26 Å². The fourth-order valence-corrected chi connectivity index (χ4v) is 3.69. The third-order valence-electron chi connectivity index (χ3n) is 5.61. The van der Waals surface area contributed by atoms with Crippen molar-refractivity contribution in [2.45, 2.75) is 33.1 Å². The van der Waals surface area contributed by atoms with E-state index in [0.717, 1.165) is 31.5 Å². The molecule has 8 heteroatoms. The Hall–Kier alpha value is -3.18. The number of piperidine rings is 1. The van der Waals surface area contributed by atoms with Crippen molar-refractivity contribution >= 4 is 23.4 Å². The van der Waals surface area contributed by atoms with Crippen molar-refractivity contribution in [3.05, 3.63) is 45.4 Å². The fourth-order valence-electron chi connectivity index (χ4n) is 3.69. The molecule has 1 aliphatic heterocycles. The van der Waals surface area contributed by atoms with Gasteiger partial charge in [0.2, 0.25) is 0 Å². The van der Waals surface area contributed by atoms with Gasteiger partial charge in [0.25, 0.3) is 11.5 Å². The lowest BCUT2D eigenvalue weighted by atomic mass is 9.99. The lowest BCUT2D eigenvalue weighted by Crippen LogP contribution is -2.36. The maximum atomic E-state index is 13.4. The van der Waals surface area contributed by atoms with Gasteiger partial charge in [0.15, 0.2) is 0 Å². The zero-order valence-electron chi connectivity index (χ0n) is 18.4. The first kappa shape index (κ1) is 22.5. The van der Waals surface area contributed by atoms with Crippen molar-refractivity contribution in [1.82, 2.24) is 14.7 Å². The number of carbonyl (C=O) groups excluding carboxylic acids is 1. The van der Waals surface area contributed by atoms with Crippen LogP contribution in [-0.4, -0.2) is 48.6 Å². The highest BCUT2D eigenvalue weighted by Gasteiger charge is 2.23. The van der Waals surface area contributed by atoms with Crippen LogP contribution >= 0.6 is 0 Å². The summed E-state index contributed by atoms with van der Waals surface area (Å²) in [5.41, 5.74) is 1.33. The van der Waals surface area contributed by atoms with Crippen LogP contribution in [-0.2, 0) is 9.53 Å². The van der Waals surface area contributed by atoms with E-state index in [1.54, 1.807) is 19.4 Å². The number of ether oxygens (including phenoxy) is 1. The molecule has 31 heavy (non-hydrogen) atoms. The van der Waals surface area contributed by atoms with E-state index in [-0.39, 0.29) is 16.7 Å². The summed E-state index contributed by atoms with van der Waals surface area (Å²) in [6.45, 7) is 6.58. The molecule has 1 amide bonds. The molecule has 1 saturated heterocycles. The second-order valence-electron chi connectivity index (χ2n) is 7.98. The number of aryl methyl sites for hydroxylation is 1. The maximum absolute atomic E-state index is 13.4. The monoisotopic (exact) mass is 423 g/mol. The number of aromatic nitrogens is 2. The minimum atomic E-state index is -0.509. The van der Waals surface area contributed by atoms with Crippen molar-refractivity contribution in [2.24, 2.45) is 5.92 Å². The number of nitriles is 1. The first-order chi connectivity index (χ1) is 15.0. The van der Waals surface area contributed by atoms with Crippen LogP contribution in [0, 0.1) is 24.2 Å². The zero-order chi connectivity index (χ0) is 22.4. The highest BCUT2D eigenvalue weighted by molar-refractivity contribution is 6.02. The highest BCUT2D eigenvalue weighted by Crippen LogP contribution is 2.25. The number of anilines is 1. The number of pyridine rings is 1. The molecule has 164 valence electrons. The number of nitrogens with one attached hydrogen (secondary N) is 1. The Morgan fingerprint density at radius 2 is 2.16 bits per heavy atom. The van der Waals surface area contributed by atoms with Gasteiger partial charge in [-0.15, -0.1) is 0 Å². The molecule has 3 heterocycles. The number of rotatable bonds is 7. The van der Waals surface area contributed by atoms with E-state index in [4.69, 9.17) is 9.72 Å². The van der Waals surface area contributed by atoms with E-state index in [0.29, 0.717) is 37.0 Å². The smallest absolute Gasteiger partial charge is 0.267 e. The average Bonchev–Trinajstić information content (AvgIpc) is 2.77. The molecule has 0 spiro atoms. The largest absolute Gasteiger partial charge is 0.385 e. The second kappa shape index (κ2) is 10.2. The second-order valence-corrected chi connectivity index (χ2v) is 7.98. The van der Waals surface area contributed by atoms with E-state index in [9.17, 15) is 14.9 Å². The number of fused-ring (bicyclic) bond motifs is 1. The van der Waals surface area contributed by atoms with Crippen LogP contribution in [0.3, 0.4) is 0 Å². The number of methoxy groups -OCH3 is 1. The van der Waals surface area contributed by atoms with Crippen LogP contribution in [0.25, 0.3) is 11.7 Å². The van der Waals surface area contributed by atoms with E-state index in [1.807, 2.05) is 19.1 Å². The van der Waals surface area contributed by atoms with Crippen molar-refractivity contribution in [3.8, 4) is 6.07 Å². The van der Waals surface area contributed by atoms with Gasteiger partial charge in [-0.1, -0.05) is 13.0 Å². The number of carbonyl (C=O) groups is 1. The van der Waals surface area contributed by atoms with Crippen LogP contribution in [0.4, 0.5) is 5.82 Å². The molecular formula is C23H29N5O3. The summed E-state index contributed by atoms with van der Waals surface area (Å²) in [5, 5.41) is 12.3. The first-order valence-electron chi connectivity index (χ1n) is 10.6. The summed E-state index contributed by atoms with van der Waals surface area (Å²) in [4.78, 5) is 32.8. The van der Waals surface area contributed by atoms with E-state index < -0.39 is 5.91 Å². The summed E-state index contributed by atoms with van der Waals surface area (Å²) in [7, 11) is 1.59. The predicted molar refractivity (Wildman–Crippen MR) is 120 cm³/mol. The number of nitrogens with zero attached hydrogens (tertiary/aromatic N) is 4. The fraction of sp³-hybridized carbons (Fsp3) is 0.478. The maximum Gasteiger partial charge on any atom is 0.267 e. The van der Waals surface area contributed by atoms with Crippen LogP contribution in [0.2, 0.25) is 0 Å². The van der Waals surface area contributed by atoms with E-state index >= 15 is 0 Å². The summed E-state index contributed by atoms with van der Waals surface area (Å²) in [6, 6.07) is 5.64. The van der Waals surface area contributed by atoms with E-state index in [2.05, 4.69) is 17.1 Å². The Morgan fingerprint density at radius 3 is 2.84 bits per heavy atom. The topological polar surface area (TPSA) is 99.7 Å². The number of hydrogen-bond acceptors (Lipinski definition) is 6. The lowest BCUT2D eigenvalue weighted by Gasteiger charge is -2.32. The number of hydrogen-bond donors (Lipinski definition) is 1. The molecule has 0 saturated carbocycles. The quantitative estimate of drug-likeness (QED) is 0.417. The van der Waals surface area contributed by atoms with Crippen molar-refractivity contribution < 1.29 is 9.53 Å². The summed E-state index contributed by atoms with van der Waals surface area (Å²) in [6.07, 6.45) is 5.68. The summed E-state index contributed by atoms with van der Waals surface area (Å²) < 4.78 is 6.45. The molecule has 1 aliphatic rings. The molecule has 8 nitrogen and oxygen atoms in total. The SMILES string of the molecule is COCCCNC(=O)C(C#N)=Cc1c(N2CCC(C)CC2)nc2c(C)cccn2c1=O. The van der Waals surface area contributed by atoms with Gasteiger partial charge in [-0.3, -0.25) is 14.0 Å². The van der Waals surface area contributed by atoms with Gasteiger partial charge in [-0.2, -0.15) is 5.26 Å². The van der Waals surface area contributed by atoms with Crippen LogP contribution in [0.15, 0.2) is 28.7 Å². The molecule has 0 radical (unpaired) electrons. The first-order valence-corrected chi connectivity index (χ1v) is 10.6. The summed E-state index contributed by atoms with van der Waals surface area (Å²) in [5.74, 6) is 0.641. The van der Waals surface area contributed by atoms with Gasteiger partial charge in [0.1, 0.15) is 23.1 Å². The van der Waals surface area contributed by atoms with Gasteiger partial charge >= 0.3 is 0 Å². The molecule has 2 aromatic heterocycles. The Bertz CT molecular complexity index is 1080. The Labute approximate surface area is 182 Å². The summed E-state index contributed by atoms with van der Waals surface area (Å²) >= 11 is 0. The molecule has 3 rings (SSSR count). The Morgan fingerprint density at radius 1 is 1.42 bits per heavy atom. The molecule has 0 aromatic carbocycles. The normalized spacial score (nSPS) is 15.2. The molecule has 0 atom stereocenters. The predicted octanol–water partition coefficient (Wildman–Crippen LogP) is 2.30. The molecular weight excluding hydrogens is 394 g/mol. The standard InChI is InChI=1S/C23H29N5O3/c1-16-7-11-27(12-8-16)21-19(14-18(15-24)22(29)25-9-5-13-31-3)23(30)28-10-4-6-17(2)20(28)26-21/h4,6,10,14,16H,5,7-9,11-13H2,1-3H3,(H,25,29). The van der Waals surface area contributed by atoms with E-state index in [1.165, 1.54) is 10.5 Å². The Kier molecular flexibility index (Phi) is 7.42. The molecule has 0 bridgehead atoms. The Balaban J connectivity index is 2.06. The van der Waals surface area contributed by atoms with Gasteiger partial charge in [-0.25, -0.2) is 4.98 Å². The van der Waals surface area contributed by atoms with Crippen molar-refractivity contribution in [3.63, 3.8) is 0 Å². The third kappa shape index (κ3) is 5.12. The van der Waals surface area contributed by atoms with Crippen LogP contribution in [0.5, 0.6) is 0 Å².